The Morgan fingerprint density at radius 3 is 2.76 bits per heavy atom. The molecule has 0 aliphatic rings. The van der Waals surface area contributed by atoms with E-state index in [4.69, 9.17) is 16.7 Å². The zero-order chi connectivity index (χ0) is 15.2. The van der Waals surface area contributed by atoms with E-state index in [1.807, 2.05) is 36.7 Å². The van der Waals surface area contributed by atoms with Crippen LogP contribution in [-0.4, -0.2) is 28.0 Å². The van der Waals surface area contributed by atoms with Crippen LogP contribution in [0.4, 0.5) is 0 Å². The van der Waals surface area contributed by atoms with Crippen LogP contribution in [-0.2, 0) is 19.5 Å². The van der Waals surface area contributed by atoms with Crippen LogP contribution in [0.3, 0.4) is 0 Å². The van der Waals surface area contributed by atoms with Gasteiger partial charge in [0.1, 0.15) is 0 Å². The molecule has 0 saturated heterocycles. The number of benzene rings is 1. The van der Waals surface area contributed by atoms with Crippen LogP contribution in [0.15, 0.2) is 24.3 Å². The van der Waals surface area contributed by atoms with Crippen molar-refractivity contribution in [3.8, 4) is 0 Å². The molecule has 0 spiro atoms. The zero-order valence-corrected chi connectivity index (χ0v) is 13.3. The first-order valence-corrected chi connectivity index (χ1v) is 7.59. The van der Waals surface area contributed by atoms with E-state index >= 15 is 0 Å². The molecule has 2 aromatic rings. The largest absolute Gasteiger partial charge is 0.394 e. The van der Waals surface area contributed by atoms with Gasteiger partial charge in [0.2, 0.25) is 0 Å². The minimum atomic E-state index is 0.112. The van der Waals surface area contributed by atoms with Crippen molar-refractivity contribution >= 4 is 11.6 Å². The third kappa shape index (κ3) is 4.06. The molecule has 0 amide bonds. The molecule has 1 heterocycles. The molecule has 1 aromatic heterocycles. The summed E-state index contributed by atoms with van der Waals surface area (Å²) in [7, 11) is 0. The van der Waals surface area contributed by atoms with E-state index in [1.165, 1.54) is 5.56 Å². The van der Waals surface area contributed by atoms with E-state index in [9.17, 15) is 0 Å². The van der Waals surface area contributed by atoms with Crippen LogP contribution < -0.4 is 5.32 Å². The monoisotopic (exact) mass is 307 g/mol. The summed E-state index contributed by atoms with van der Waals surface area (Å²) in [4.78, 5) is 0. The number of aliphatic hydroxyl groups excluding tert-OH is 1. The fourth-order valence-corrected chi connectivity index (χ4v) is 2.67. The summed E-state index contributed by atoms with van der Waals surface area (Å²) in [5, 5.41) is 17.7. The predicted molar refractivity (Wildman–Crippen MR) is 85.6 cm³/mol. The summed E-state index contributed by atoms with van der Waals surface area (Å²) < 4.78 is 1.86. The van der Waals surface area contributed by atoms with Gasteiger partial charge in [0.15, 0.2) is 0 Å². The Hall–Kier alpha value is -1.36. The molecule has 0 saturated carbocycles. The molecule has 0 fully saturated rings. The Bertz CT molecular complexity index is 595. The highest BCUT2D eigenvalue weighted by atomic mass is 35.5. The number of halogens is 1. The molecule has 0 atom stereocenters. The molecular formula is C16H22ClN3O. The van der Waals surface area contributed by atoms with Crippen LogP contribution in [0.2, 0.25) is 5.02 Å². The maximum absolute atomic E-state index is 9.02. The number of hydrogen-bond donors (Lipinski definition) is 2. The maximum Gasteiger partial charge on any atom is 0.0644 e. The molecule has 1 aromatic carbocycles. The lowest BCUT2D eigenvalue weighted by atomic mass is 10.1. The molecular weight excluding hydrogens is 286 g/mol. The standard InChI is InChI=1S/C16H22ClN3O/c1-12-15(13(2)20(19-12)9-10-21)11-18-8-7-14-5-3-4-6-16(14)17/h3-6,18,21H,7-11H2,1-2H3. The van der Waals surface area contributed by atoms with E-state index in [-0.39, 0.29) is 6.61 Å². The number of hydrogen-bond acceptors (Lipinski definition) is 3. The Kier molecular flexibility index (Phi) is 5.79. The molecule has 0 bridgehead atoms. The summed E-state index contributed by atoms with van der Waals surface area (Å²) in [6, 6.07) is 7.93. The number of nitrogens with one attached hydrogen (secondary N) is 1. The smallest absolute Gasteiger partial charge is 0.0644 e. The highest BCUT2D eigenvalue weighted by molar-refractivity contribution is 6.31. The third-order valence-corrected chi connectivity index (χ3v) is 4.04. The van der Waals surface area contributed by atoms with Gasteiger partial charge in [0.05, 0.1) is 18.8 Å². The van der Waals surface area contributed by atoms with Gasteiger partial charge in [-0.15, -0.1) is 0 Å². The van der Waals surface area contributed by atoms with Crippen molar-refractivity contribution in [1.29, 1.82) is 0 Å². The normalized spacial score (nSPS) is 11.0. The fourth-order valence-electron chi connectivity index (χ4n) is 2.44. The second-order valence-corrected chi connectivity index (χ2v) is 5.52. The van der Waals surface area contributed by atoms with Crippen molar-refractivity contribution in [2.24, 2.45) is 0 Å². The molecule has 21 heavy (non-hydrogen) atoms. The Labute approximate surface area is 130 Å². The summed E-state index contributed by atoms with van der Waals surface area (Å²) in [5.74, 6) is 0. The van der Waals surface area contributed by atoms with Crippen LogP contribution in [0.25, 0.3) is 0 Å². The molecule has 0 radical (unpaired) electrons. The number of aryl methyl sites for hydroxylation is 1. The van der Waals surface area contributed by atoms with Crippen molar-refractivity contribution in [3.63, 3.8) is 0 Å². The summed E-state index contributed by atoms with van der Waals surface area (Å²) in [5.41, 5.74) is 4.51. The molecule has 0 unspecified atom stereocenters. The Balaban J connectivity index is 1.88. The number of rotatable bonds is 7. The first-order valence-electron chi connectivity index (χ1n) is 7.21. The lowest BCUT2D eigenvalue weighted by molar-refractivity contribution is 0.267. The van der Waals surface area contributed by atoms with Gasteiger partial charge >= 0.3 is 0 Å². The van der Waals surface area contributed by atoms with Crippen molar-refractivity contribution in [2.45, 2.75) is 33.4 Å². The molecule has 4 nitrogen and oxygen atoms in total. The van der Waals surface area contributed by atoms with E-state index in [0.717, 1.165) is 41.5 Å². The van der Waals surface area contributed by atoms with Gasteiger partial charge in [0, 0.05) is 22.8 Å². The summed E-state index contributed by atoms with van der Waals surface area (Å²) in [6.45, 7) is 6.36. The zero-order valence-electron chi connectivity index (χ0n) is 12.6. The first kappa shape index (κ1) is 16.0. The lowest BCUT2D eigenvalue weighted by Crippen LogP contribution is -2.18. The molecule has 5 heteroatoms. The van der Waals surface area contributed by atoms with Crippen LogP contribution in [0.1, 0.15) is 22.5 Å². The van der Waals surface area contributed by atoms with Crippen molar-refractivity contribution < 1.29 is 5.11 Å². The quantitative estimate of drug-likeness (QED) is 0.773. The third-order valence-electron chi connectivity index (χ3n) is 3.67. The van der Waals surface area contributed by atoms with Gasteiger partial charge in [-0.3, -0.25) is 4.68 Å². The SMILES string of the molecule is Cc1nn(CCO)c(C)c1CNCCc1ccccc1Cl. The first-order chi connectivity index (χ1) is 10.1. The highest BCUT2D eigenvalue weighted by Gasteiger charge is 2.10. The number of aromatic nitrogens is 2. The minimum absolute atomic E-state index is 0.112. The molecule has 0 aliphatic carbocycles. The van der Waals surface area contributed by atoms with E-state index in [1.54, 1.807) is 0 Å². The minimum Gasteiger partial charge on any atom is -0.394 e. The van der Waals surface area contributed by atoms with Crippen LogP contribution in [0.5, 0.6) is 0 Å². The second kappa shape index (κ2) is 7.59. The van der Waals surface area contributed by atoms with Crippen molar-refractivity contribution in [3.05, 3.63) is 51.8 Å². The molecule has 114 valence electrons. The van der Waals surface area contributed by atoms with Gasteiger partial charge in [-0.2, -0.15) is 5.10 Å². The summed E-state index contributed by atoms with van der Waals surface area (Å²) in [6.07, 6.45) is 0.905. The summed E-state index contributed by atoms with van der Waals surface area (Å²) >= 11 is 6.14. The fraction of sp³-hybridized carbons (Fsp3) is 0.438. The molecule has 2 rings (SSSR count). The van der Waals surface area contributed by atoms with E-state index in [2.05, 4.69) is 16.5 Å². The molecule has 2 N–H and O–H groups in total. The predicted octanol–water partition coefficient (Wildman–Crippen LogP) is 2.48. The van der Waals surface area contributed by atoms with Gasteiger partial charge in [0.25, 0.3) is 0 Å². The Morgan fingerprint density at radius 2 is 2.05 bits per heavy atom. The van der Waals surface area contributed by atoms with Crippen LogP contribution in [0, 0.1) is 13.8 Å². The highest BCUT2D eigenvalue weighted by Crippen LogP contribution is 2.15. The van der Waals surface area contributed by atoms with Crippen molar-refractivity contribution in [2.75, 3.05) is 13.2 Å². The van der Waals surface area contributed by atoms with Gasteiger partial charge in [-0.1, -0.05) is 29.8 Å². The van der Waals surface area contributed by atoms with E-state index in [0.29, 0.717) is 6.54 Å². The maximum atomic E-state index is 9.02. The number of aliphatic hydroxyl groups is 1. The average Bonchev–Trinajstić information content (AvgIpc) is 2.73. The van der Waals surface area contributed by atoms with E-state index < -0.39 is 0 Å². The lowest BCUT2D eigenvalue weighted by Gasteiger charge is -2.07. The van der Waals surface area contributed by atoms with Crippen molar-refractivity contribution in [1.82, 2.24) is 15.1 Å². The van der Waals surface area contributed by atoms with Crippen LogP contribution >= 0.6 is 11.6 Å². The molecule has 0 aliphatic heterocycles. The number of nitrogens with zero attached hydrogens (tertiary/aromatic N) is 2. The average molecular weight is 308 g/mol. The second-order valence-electron chi connectivity index (χ2n) is 5.11. The Morgan fingerprint density at radius 1 is 1.29 bits per heavy atom. The van der Waals surface area contributed by atoms with Gasteiger partial charge in [-0.05, 0) is 38.4 Å². The van der Waals surface area contributed by atoms with Gasteiger partial charge < -0.3 is 10.4 Å². The topological polar surface area (TPSA) is 50.1 Å². The van der Waals surface area contributed by atoms with Gasteiger partial charge in [-0.25, -0.2) is 0 Å².